The Bertz CT molecular complexity index is 2500. The highest BCUT2D eigenvalue weighted by atomic mass is 32.1. The molecule has 9 rings (SSSR count). The molecule has 3 nitrogen and oxygen atoms in total. The van der Waals surface area contributed by atoms with Crippen LogP contribution in [-0.2, 0) is 0 Å². The van der Waals surface area contributed by atoms with Gasteiger partial charge in [0.15, 0.2) is 0 Å². The molecule has 0 saturated heterocycles. The first-order valence-electron chi connectivity index (χ1n) is 13.7. The van der Waals surface area contributed by atoms with Gasteiger partial charge < -0.3 is 9.13 Å². The molecule has 3 aromatic heterocycles. The Morgan fingerprint density at radius 1 is 0.439 bits per heavy atom. The van der Waals surface area contributed by atoms with Crippen molar-refractivity contribution in [1.29, 1.82) is 5.26 Å². The van der Waals surface area contributed by atoms with Crippen LogP contribution in [0.15, 0.2) is 127 Å². The van der Waals surface area contributed by atoms with Crippen molar-refractivity contribution in [2.45, 2.75) is 0 Å². The summed E-state index contributed by atoms with van der Waals surface area (Å²) >= 11 is 1.77. The molecule has 0 N–H and O–H groups in total. The van der Waals surface area contributed by atoms with Gasteiger partial charge in [-0.2, -0.15) is 5.26 Å². The van der Waals surface area contributed by atoms with Crippen LogP contribution < -0.4 is 0 Å². The van der Waals surface area contributed by atoms with Gasteiger partial charge in [-0.25, -0.2) is 0 Å². The lowest BCUT2D eigenvalue weighted by Crippen LogP contribution is -1.95. The second-order valence-corrected chi connectivity index (χ2v) is 11.6. The molecule has 0 aliphatic carbocycles. The second kappa shape index (κ2) is 8.32. The van der Waals surface area contributed by atoms with Gasteiger partial charge in [0.05, 0.1) is 33.7 Å². The van der Waals surface area contributed by atoms with E-state index < -0.39 is 0 Å². The first kappa shape index (κ1) is 22.4. The van der Waals surface area contributed by atoms with Gasteiger partial charge in [0.25, 0.3) is 0 Å². The van der Waals surface area contributed by atoms with Crippen molar-refractivity contribution in [3.63, 3.8) is 0 Å². The summed E-state index contributed by atoms with van der Waals surface area (Å²) < 4.78 is 7.19. The molecule has 0 saturated carbocycles. The molecule has 0 aliphatic rings. The van der Waals surface area contributed by atoms with Crippen molar-refractivity contribution >= 4 is 75.1 Å². The van der Waals surface area contributed by atoms with Crippen LogP contribution >= 0.6 is 11.3 Å². The van der Waals surface area contributed by atoms with E-state index in [0.29, 0.717) is 5.56 Å². The van der Waals surface area contributed by atoms with E-state index in [9.17, 15) is 5.26 Å². The van der Waals surface area contributed by atoms with Gasteiger partial charge in [-0.1, -0.05) is 54.6 Å². The zero-order valence-corrected chi connectivity index (χ0v) is 22.7. The molecule has 0 radical (unpaired) electrons. The zero-order chi connectivity index (χ0) is 27.1. The van der Waals surface area contributed by atoms with E-state index in [1.165, 1.54) is 58.4 Å². The molecule has 0 bridgehead atoms. The van der Waals surface area contributed by atoms with E-state index in [0.717, 1.165) is 16.8 Å². The summed E-state index contributed by atoms with van der Waals surface area (Å²) in [5.74, 6) is 0. The summed E-state index contributed by atoms with van der Waals surface area (Å²) in [6.45, 7) is 0. The lowest BCUT2D eigenvalue weighted by Gasteiger charge is -2.10. The number of para-hydroxylation sites is 3. The van der Waals surface area contributed by atoms with Crippen LogP contribution in [0.4, 0.5) is 0 Å². The Labute approximate surface area is 239 Å². The molecule has 0 fully saturated rings. The molecular formula is C37H21N3S. The van der Waals surface area contributed by atoms with Crippen LogP contribution in [0.5, 0.6) is 0 Å². The number of rotatable bonds is 2. The van der Waals surface area contributed by atoms with Gasteiger partial charge in [0, 0.05) is 53.1 Å². The third-order valence-electron chi connectivity index (χ3n) is 8.33. The molecule has 9 aromatic rings. The normalized spacial score (nSPS) is 11.9. The number of hydrogen-bond donors (Lipinski definition) is 0. The lowest BCUT2D eigenvalue weighted by molar-refractivity contribution is 1.17. The molecule has 190 valence electrons. The van der Waals surface area contributed by atoms with Crippen molar-refractivity contribution in [1.82, 2.24) is 9.13 Å². The maximum absolute atomic E-state index is 9.50. The zero-order valence-electron chi connectivity index (χ0n) is 21.9. The topological polar surface area (TPSA) is 33.6 Å². The van der Waals surface area contributed by atoms with Gasteiger partial charge in [-0.15, -0.1) is 11.3 Å². The smallest absolute Gasteiger partial charge is 0.0991 e. The molecule has 0 atom stereocenters. The minimum absolute atomic E-state index is 0.692. The van der Waals surface area contributed by atoms with Crippen LogP contribution in [0.3, 0.4) is 0 Å². The molecule has 41 heavy (non-hydrogen) atoms. The maximum Gasteiger partial charge on any atom is 0.0991 e. The fourth-order valence-electron chi connectivity index (χ4n) is 6.55. The molecule has 0 amide bonds. The van der Waals surface area contributed by atoms with Gasteiger partial charge >= 0.3 is 0 Å². The van der Waals surface area contributed by atoms with Gasteiger partial charge in [-0.3, -0.25) is 0 Å². The van der Waals surface area contributed by atoms with Gasteiger partial charge in [0.2, 0.25) is 0 Å². The number of hydrogen-bond acceptors (Lipinski definition) is 2. The lowest BCUT2D eigenvalue weighted by atomic mass is 10.1. The fraction of sp³-hybridized carbons (Fsp3) is 0. The molecule has 0 spiro atoms. The van der Waals surface area contributed by atoms with Crippen LogP contribution in [0.25, 0.3) is 75.2 Å². The molecular weight excluding hydrogens is 518 g/mol. The number of benzene rings is 6. The van der Waals surface area contributed by atoms with Crippen LogP contribution in [0, 0.1) is 11.3 Å². The number of aromatic nitrogens is 2. The highest BCUT2D eigenvalue weighted by Gasteiger charge is 2.17. The summed E-state index contributed by atoms with van der Waals surface area (Å²) in [6.07, 6.45) is 0. The van der Waals surface area contributed by atoms with Crippen LogP contribution in [-0.4, -0.2) is 9.13 Å². The predicted octanol–water partition coefficient (Wildman–Crippen LogP) is 10.1. The number of fused-ring (bicyclic) bond motifs is 9. The Morgan fingerprint density at radius 2 is 0.902 bits per heavy atom. The SMILES string of the molecule is N#Cc1ccc2sc3ccc(-n4c5ccccc5c5cc(-n6c7ccccc7c7ccccc76)ccc54)cc3c2c1. The minimum Gasteiger partial charge on any atom is -0.309 e. The third-order valence-corrected chi connectivity index (χ3v) is 9.49. The summed E-state index contributed by atoms with van der Waals surface area (Å²) in [4.78, 5) is 0. The van der Waals surface area contributed by atoms with E-state index in [-0.39, 0.29) is 0 Å². The standard InChI is InChI=1S/C37H21N3S/c38-22-23-13-17-36-30(19-23)31-21-25(15-18-37(31)41-36)40-34-12-6-3-9-28(34)29-20-24(14-16-35(29)40)39-32-10-4-1-7-26(32)27-8-2-5-11-33(27)39/h1-21H. The van der Waals surface area contributed by atoms with Gasteiger partial charge in [-0.05, 0) is 72.8 Å². The fourth-order valence-corrected chi connectivity index (χ4v) is 7.62. The van der Waals surface area contributed by atoms with Crippen molar-refractivity contribution < 1.29 is 0 Å². The average Bonchev–Trinajstić information content (AvgIpc) is 3.67. The van der Waals surface area contributed by atoms with Crippen LogP contribution in [0.1, 0.15) is 5.56 Å². The number of nitriles is 1. The summed E-state index contributed by atoms with van der Waals surface area (Å²) in [5, 5.41) is 16.8. The van der Waals surface area contributed by atoms with E-state index >= 15 is 0 Å². The molecule has 0 aliphatic heterocycles. The summed E-state index contributed by atoms with van der Waals surface area (Å²) in [7, 11) is 0. The Kier molecular flexibility index (Phi) is 4.55. The van der Waals surface area contributed by atoms with E-state index in [1.807, 2.05) is 12.1 Å². The van der Waals surface area contributed by atoms with Crippen molar-refractivity contribution in [3.05, 3.63) is 133 Å². The average molecular weight is 540 g/mol. The van der Waals surface area contributed by atoms with E-state index in [1.54, 1.807) is 11.3 Å². The Hall–Kier alpha value is -5.37. The molecule has 3 heterocycles. The minimum atomic E-state index is 0.692. The molecule has 0 unspecified atom stereocenters. The van der Waals surface area contributed by atoms with Crippen molar-refractivity contribution in [2.75, 3.05) is 0 Å². The second-order valence-electron chi connectivity index (χ2n) is 10.5. The Balaban J connectivity index is 1.33. The first-order chi connectivity index (χ1) is 20.3. The quantitative estimate of drug-likeness (QED) is 0.215. The predicted molar refractivity (Wildman–Crippen MR) is 173 cm³/mol. The molecule has 4 heteroatoms. The number of nitrogens with zero attached hydrogens (tertiary/aromatic N) is 3. The van der Waals surface area contributed by atoms with E-state index in [4.69, 9.17) is 0 Å². The number of thiophene rings is 1. The maximum atomic E-state index is 9.50. The largest absolute Gasteiger partial charge is 0.309 e. The van der Waals surface area contributed by atoms with Gasteiger partial charge in [0.1, 0.15) is 0 Å². The monoisotopic (exact) mass is 539 g/mol. The Morgan fingerprint density at radius 3 is 1.51 bits per heavy atom. The van der Waals surface area contributed by atoms with Crippen molar-refractivity contribution in [2.24, 2.45) is 0 Å². The first-order valence-corrected chi connectivity index (χ1v) is 14.5. The third kappa shape index (κ3) is 3.12. The van der Waals surface area contributed by atoms with E-state index in [2.05, 4.69) is 130 Å². The highest BCUT2D eigenvalue weighted by Crippen LogP contribution is 2.39. The van der Waals surface area contributed by atoms with Crippen molar-refractivity contribution in [3.8, 4) is 17.4 Å². The summed E-state index contributed by atoms with van der Waals surface area (Å²) in [6, 6.07) is 47.8. The molecule has 6 aromatic carbocycles. The highest BCUT2D eigenvalue weighted by molar-refractivity contribution is 7.25. The summed E-state index contributed by atoms with van der Waals surface area (Å²) in [5.41, 5.74) is 7.74. The van der Waals surface area contributed by atoms with Crippen LogP contribution in [0.2, 0.25) is 0 Å².